The summed E-state index contributed by atoms with van der Waals surface area (Å²) in [6.07, 6.45) is 3.36. The van der Waals surface area contributed by atoms with Gasteiger partial charge >= 0.3 is 0 Å². The van der Waals surface area contributed by atoms with Crippen molar-refractivity contribution in [3.05, 3.63) is 22.5 Å². The van der Waals surface area contributed by atoms with E-state index in [1.165, 1.54) is 11.3 Å². The lowest BCUT2D eigenvalue weighted by Crippen LogP contribution is -2.16. The van der Waals surface area contributed by atoms with Gasteiger partial charge in [-0.15, -0.1) is 21.5 Å². The summed E-state index contributed by atoms with van der Waals surface area (Å²) in [6.45, 7) is 4.36. The number of aryl methyl sites for hydroxylation is 1. The largest absolute Gasteiger partial charge is 0.317 e. The number of hydrogen-bond acceptors (Lipinski definition) is 5. The van der Waals surface area contributed by atoms with E-state index in [1.807, 2.05) is 0 Å². The average Bonchev–Trinajstić information content (AvgIpc) is 2.99. The number of thiophene rings is 1. The van der Waals surface area contributed by atoms with Gasteiger partial charge in [-0.05, 0) is 37.4 Å². The van der Waals surface area contributed by atoms with Crippen LogP contribution in [0.5, 0.6) is 0 Å². The average molecular weight is 267 g/mol. The molecule has 17 heavy (non-hydrogen) atoms. The smallest absolute Gasteiger partial charge is 0.157 e. The summed E-state index contributed by atoms with van der Waals surface area (Å²) in [5, 5.41) is 16.1. The standard InChI is InChI=1S/C12H17N3S2/c1-2-7-13-8-3-6-11-14-15-12(17-11)10-5-4-9-16-10/h4-5,9,13H,2-3,6-8H2,1H3. The molecule has 1 N–H and O–H groups in total. The molecule has 0 fully saturated rings. The molecular formula is C12H17N3S2. The summed E-state index contributed by atoms with van der Waals surface area (Å²) in [5.74, 6) is 0. The first kappa shape index (κ1) is 12.7. The predicted octanol–water partition coefficient (Wildman–Crippen LogP) is 3.20. The van der Waals surface area contributed by atoms with Crippen molar-refractivity contribution in [2.24, 2.45) is 0 Å². The minimum Gasteiger partial charge on any atom is -0.317 e. The van der Waals surface area contributed by atoms with Crippen LogP contribution in [0.15, 0.2) is 17.5 Å². The quantitative estimate of drug-likeness (QED) is 0.783. The summed E-state index contributed by atoms with van der Waals surface area (Å²) in [6, 6.07) is 4.15. The maximum Gasteiger partial charge on any atom is 0.157 e. The molecule has 2 rings (SSSR count). The van der Waals surface area contributed by atoms with E-state index in [1.54, 1.807) is 22.7 Å². The zero-order chi connectivity index (χ0) is 11.9. The molecule has 0 bridgehead atoms. The molecule has 0 amide bonds. The molecule has 0 aliphatic rings. The fourth-order valence-electron chi connectivity index (χ4n) is 1.52. The molecule has 0 unspecified atom stereocenters. The maximum atomic E-state index is 4.24. The first-order valence-corrected chi connectivity index (χ1v) is 7.66. The third-order valence-corrected chi connectivity index (χ3v) is 4.39. The molecule has 5 heteroatoms. The lowest BCUT2D eigenvalue weighted by molar-refractivity contribution is 0.637. The predicted molar refractivity (Wildman–Crippen MR) is 74.7 cm³/mol. The highest BCUT2D eigenvalue weighted by Gasteiger charge is 2.06. The molecule has 0 spiro atoms. The Morgan fingerprint density at radius 2 is 2.24 bits per heavy atom. The summed E-state index contributed by atoms with van der Waals surface area (Å²) < 4.78 is 0. The van der Waals surface area contributed by atoms with E-state index in [-0.39, 0.29) is 0 Å². The zero-order valence-corrected chi connectivity index (χ0v) is 11.6. The molecule has 0 radical (unpaired) electrons. The van der Waals surface area contributed by atoms with E-state index in [2.05, 4.69) is 40.0 Å². The van der Waals surface area contributed by atoms with Crippen LogP contribution in [-0.2, 0) is 6.42 Å². The SMILES string of the molecule is CCCNCCCc1nnc(-c2cccs2)s1. The van der Waals surface area contributed by atoms with Crippen LogP contribution < -0.4 is 5.32 Å². The minimum atomic E-state index is 1.03. The molecule has 2 aromatic rings. The van der Waals surface area contributed by atoms with Gasteiger partial charge in [0.1, 0.15) is 5.01 Å². The molecule has 0 aliphatic carbocycles. The Morgan fingerprint density at radius 3 is 3.00 bits per heavy atom. The lowest BCUT2D eigenvalue weighted by Gasteiger charge is -1.99. The summed E-state index contributed by atoms with van der Waals surface area (Å²) >= 11 is 3.43. The molecule has 3 nitrogen and oxygen atoms in total. The topological polar surface area (TPSA) is 37.8 Å². The molecule has 2 aromatic heterocycles. The second-order valence-corrected chi connectivity index (χ2v) is 5.84. The fourth-order valence-corrected chi connectivity index (χ4v) is 3.19. The van der Waals surface area contributed by atoms with Crippen LogP contribution in [0.1, 0.15) is 24.8 Å². The Labute approximate surface area is 110 Å². The summed E-state index contributed by atoms with van der Waals surface area (Å²) in [4.78, 5) is 1.22. The van der Waals surface area contributed by atoms with Crippen LogP contribution in [-0.4, -0.2) is 23.3 Å². The van der Waals surface area contributed by atoms with Crippen molar-refractivity contribution in [1.29, 1.82) is 0 Å². The lowest BCUT2D eigenvalue weighted by atomic mass is 10.3. The van der Waals surface area contributed by atoms with E-state index in [9.17, 15) is 0 Å². The second-order valence-electron chi connectivity index (χ2n) is 3.83. The Balaban J connectivity index is 1.79. The van der Waals surface area contributed by atoms with Crippen LogP contribution in [0.3, 0.4) is 0 Å². The van der Waals surface area contributed by atoms with Gasteiger partial charge in [0.05, 0.1) is 4.88 Å². The van der Waals surface area contributed by atoms with Crippen molar-refractivity contribution in [2.75, 3.05) is 13.1 Å². The fraction of sp³-hybridized carbons (Fsp3) is 0.500. The van der Waals surface area contributed by atoms with Gasteiger partial charge in [-0.25, -0.2) is 0 Å². The van der Waals surface area contributed by atoms with E-state index >= 15 is 0 Å². The molecule has 2 heterocycles. The third-order valence-electron chi connectivity index (χ3n) is 2.37. The first-order chi connectivity index (χ1) is 8.40. The summed E-state index contributed by atoms with van der Waals surface area (Å²) in [7, 11) is 0. The normalized spacial score (nSPS) is 10.9. The number of nitrogens with zero attached hydrogens (tertiary/aromatic N) is 2. The van der Waals surface area contributed by atoms with Crippen LogP contribution >= 0.6 is 22.7 Å². The van der Waals surface area contributed by atoms with E-state index in [0.29, 0.717) is 0 Å². The molecule has 0 aliphatic heterocycles. The molecule has 0 saturated carbocycles. The Hall–Kier alpha value is -0.780. The van der Waals surface area contributed by atoms with Crippen LogP contribution in [0.25, 0.3) is 9.88 Å². The van der Waals surface area contributed by atoms with Gasteiger partial charge in [0, 0.05) is 6.42 Å². The molecule has 0 atom stereocenters. The van der Waals surface area contributed by atoms with Gasteiger partial charge in [-0.1, -0.05) is 24.3 Å². The van der Waals surface area contributed by atoms with Crippen molar-refractivity contribution in [2.45, 2.75) is 26.2 Å². The number of rotatable bonds is 7. The number of aromatic nitrogens is 2. The van der Waals surface area contributed by atoms with Gasteiger partial charge in [-0.2, -0.15) is 0 Å². The maximum absolute atomic E-state index is 4.24. The number of nitrogens with one attached hydrogen (secondary N) is 1. The van der Waals surface area contributed by atoms with Crippen molar-refractivity contribution in [1.82, 2.24) is 15.5 Å². The minimum absolute atomic E-state index is 1.03. The van der Waals surface area contributed by atoms with Gasteiger partial charge in [0.25, 0.3) is 0 Å². The molecule has 92 valence electrons. The van der Waals surface area contributed by atoms with E-state index < -0.39 is 0 Å². The highest BCUT2D eigenvalue weighted by molar-refractivity contribution is 7.20. The monoisotopic (exact) mass is 267 g/mol. The third kappa shape index (κ3) is 3.87. The Morgan fingerprint density at radius 1 is 1.29 bits per heavy atom. The van der Waals surface area contributed by atoms with E-state index in [4.69, 9.17) is 0 Å². The van der Waals surface area contributed by atoms with Gasteiger partial charge in [0.2, 0.25) is 0 Å². The molecular weight excluding hydrogens is 250 g/mol. The highest BCUT2D eigenvalue weighted by atomic mass is 32.1. The van der Waals surface area contributed by atoms with Crippen LogP contribution in [0, 0.1) is 0 Å². The van der Waals surface area contributed by atoms with Crippen molar-refractivity contribution in [3.63, 3.8) is 0 Å². The zero-order valence-electron chi connectivity index (χ0n) is 9.98. The second kappa shape index (κ2) is 6.83. The Kier molecular flexibility index (Phi) is 5.09. The Bertz CT molecular complexity index is 423. The van der Waals surface area contributed by atoms with Gasteiger partial charge in [-0.3, -0.25) is 0 Å². The van der Waals surface area contributed by atoms with Crippen molar-refractivity contribution < 1.29 is 0 Å². The molecule has 0 saturated heterocycles. The van der Waals surface area contributed by atoms with Gasteiger partial charge in [0.15, 0.2) is 5.01 Å². The first-order valence-electron chi connectivity index (χ1n) is 5.97. The van der Waals surface area contributed by atoms with Crippen molar-refractivity contribution in [3.8, 4) is 9.88 Å². The summed E-state index contributed by atoms with van der Waals surface area (Å²) in [5.41, 5.74) is 0. The van der Waals surface area contributed by atoms with Gasteiger partial charge < -0.3 is 5.32 Å². The van der Waals surface area contributed by atoms with Crippen LogP contribution in [0.2, 0.25) is 0 Å². The van der Waals surface area contributed by atoms with E-state index in [0.717, 1.165) is 35.9 Å². The molecule has 0 aromatic carbocycles. The van der Waals surface area contributed by atoms with Crippen LogP contribution in [0.4, 0.5) is 0 Å². The number of hydrogen-bond donors (Lipinski definition) is 1. The highest BCUT2D eigenvalue weighted by Crippen LogP contribution is 2.27. The van der Waals surface area contributed by atoms with Crippen molar-refractivity contribution >= 4 is 22.7 Å².